The smallest absolute Gasteiger partial charge is 0.334 e. The highest BCUT2D eigenvalue weighted by Crippen LogP contribution is 2.62. The molecule has 2 aliphatic heterocycles. The molecule has 2 aliphatic carbocycles. The average Bonchev–Trinajstić information content (AvgIpc) is 2.79. The summed E-state index contributed by atoms with van der Waals surface area (Å²) >= 11 is 0. The summed E-state index contributed by atoms with van der Waals surface area (Å²) in [5, 5.41) is 10.7. The molecule has 0 radical (unpaired) electrons. The summed E-state index contributed by atoms with van der Waals surface area (Å²) in [6.07, 6.45) is 3.10. The van der Waals surface area contributed by atoms with E-state index in [9.17, 15) is 14.7 Å². The largest absolute Gasteiger partial charge is 0.454 e. The van der Waals surface area contributed by atoms with Crippen molar-refractivity contribution in [1.29, 1.82) is 0 Å². The minimum absolute atomic E-state index is 0.0344. The number of esters is 2. The van der Waals surface area contributed by atoms with Gasteiger partial charge in [0.25, 0.3) is 0 Å². The number of ether oxygens (including phenoxy) is 2. The molecule has 1 N–H and O–H groups in total. The highest BCUT2D eigenvalue weighted by molar-refractivity contribution is 5.92. The van der Waals surface area contributed by atoms with Crippen molar-refractivity contribution in [3.8, 4) is 0 Å². The molecule has 0 bridgehead atoms. The van der Waals surface area contributed by atoms with E-state index in [-0.39, 0.29) is 29.9 Å². The molecule has 5 nitrogen and oxygen atoms in total. The first-order valence-electron chi connectivity index (χ1n) is 8.68. The third kappa shape index (κ3) is 1.79. The molecule has 24 heavy (non-hydrogen) atoms. The Hall–Kier alpha value is -1.62. The first-order valence-corrected chi connectivity index (χ1v) is 8.68. The van der Waals surface area contributed by atoms with Crippen LogP contribution in [0, 0.1) is 22.7 Å². The van der Waals surface area contributed by atoms with Crippen LogP contribution in [0.3, 0.4) is 0 Å². The van der Waals surface area contributed by atoms with Gasteiger partial charge in [-0.05, 0) is 51.9 Å². The zero-order valence-electron chi connectivity index (χ0n) is 14.6. The number of carbonyl (C=O) groups is 2. The number of carbonyl (C=O) groups excluding carboxylic acids is 2. The van der Waals surface area contributed by atoms with Crippen molar-refractivity contribution in [2.45, 2.75) is 59.4 Å². The van der Waals surface area contributed by atoms with Gasteiger partial charge in [0.1, 0.15) is 6.10 Å². The quantitative estimate of drug-likeness (QED) is 0.690. The summed E-state index contributed by atoms with van der Waals surface area (Å²) in [5.74, 6) is -0.495. The molecule has 2 fully saturated rings. The Morgan fingerprint density at radius 2 is 1.92 bits per heavy atom. The van der Waals surface area contributed by atoms with Gasteiger partial charge in [-0.25, -0.2) is 4.79 Å². The van der Waals surface area contributed by atoms with Gasteiger partial charge in [-0.15, -0.1) is 0 Å². The summed E-state index contributed by atoms with van der Waals surface area (Å²) in [6, 6.07) is 0. The number of hydrogen-bond donors (Lipinski definition) is 1. The van der Waals surface area contributed by atoms with Crippen molar-refractivity contribution < 1.29 is 24.2 Å². The Kier molecular flexibility index (Phi) is 3.12. The van der Waals surface area contributed by atoms with E-state index in [0.717, 1.165) is 18.4 Å². The molecular formula is C19H24O5. The molecule has 1 saturated carbocycles. The van der Waals surface area contributed by atoms with Crippen LogP contribution in [0.25, 0.3) is 0 Å². The Morgan fingerprint density at radius 1 is 1.21 bits per heavy atom. The molecule has 5 unspecified atom stereocenters. The van der Waals surface area contributed by atoms with Crippen molar-refractivity contribution in [2.24, 2.45) is 22.7 Å². The number of aliphatic hydroxyl groups is 1. The predicted molar refractivity (Wildman–Crippen MR) is 85.5 cm³/mol. The Labute approximate surface area is 141 Å². The van der Waals surface area contributed by atoms with Crippen molar-refractivity contribution >= 4 is 11.9 Å². The lowest BCUT2D eigenvalue weighted by atomic mass is 9.49. The molecule has 4 aliphatic rings. The van der Waals surface area contributed by atoms with E-state index in [1.165, 1.54) is 5.57 Å². The van der Waals surface area contributed by atoms with Crippen LogP contribution in [-0.2, 0) is 19.1 Å². The second-order valence-electron chi connectivity index (χ2n) is 8.42. The van der Waals surface area contributed by atoms with E-state index < -0.39 is 17.1 Å². The molecule has 2 heterocycles. The number of rotatable bonds is 0. The monoisotopic (exact) mass is 332 g/mol. The van der Waals surface area contributed by atoms with Crippen LogP contribution in [0.15, 0.2) is 22.8 Å². The third-order valence-electron chi connectivity index (χ3n) is 6.95. The SMILES string of the molecule is CC1=C2C=C3CCC4C(C)(C)C(=O)OC(O)C4(C)C3CC2OC1=O. The second kappa shape index (κ2) is 4.72. The van der Waals surface area contributed by atoms with Gasteiger partial charge in [0.15, 0.2) is 0 Å². The number of allylic oxidation sites excluding steroid dienone is 1. The van der Waals surface area contributed by atoms with Gasteiger partial charge in [0.2, 0.25) is 6.29 Å². The summed E-state index contributed by atoms with van der Waals surface area (Å²) < 4.78 is 10.9. The Morgan fingerprint density at radius 3 is 2.62 bits per heavy atom. The number of fused-ring (bicyclic) bond motifs is 4. The first-order chi connectivity index (χ1) is 11.2. The molecule has 1 saturated heterocycles. The maximum Gasteiger partial charge on any atom is 0.334 e. The molecule has 130 valence electrons. The van der Waals surface area contributed by atoms with E-state index in [1.807, 2.05) is 27.7 Å². The van der Waals surface area contributed by atoms with Gasteiger partial charge in [-0.1, -0.05) is 18.6 Å². The molecule has 0 aromatic carbocycles. The van der Waals surface area contributed by atoms with Crippen molar-refractivity contribution in [3.63, 3.8) is 0 Å². The van der Waals surface area contributed by atoms with Crippen molar-refractivity contribution in [3.05, 3.63) is 22.8 Å². The van der Waals surface area contributed by atoms with E-state index in [1.54, 1.807) is 0 Å². The number of aliphatic hydroxyl groups excluding tert-OH is 1. The third-order valence-corrected chi connectivity index (χ3v) is 6.95. The van der Waals surface area contributed by atoms with E-state index in [2.05, 4.69) is 6.08 Å². The molecule has 5 atom stereocenters. The summed E-state index contributed by atoms with van der Waals surface area (Å²) in [5.41, 5.74) is 1.72. The Bertz CT molecular complexity index is 701. The van der Waals surface area contributed by atoms with Crippen LogP contribution in [0.4, 0.5) is 0 Å². The first kappa shape index (κ1) is 15.9. The zero-order valence-corrected chi connectivity index (χ0v) is 14.6. The number of cyclic esters (lactones) is 1. The summed E-state index contributed by atoms with van der Waals surface area (Å²) in [4.78, 5) is 24.2. The molecular weight excluding hydrogens is 308 g/mol. The van der Waals surface area contributed by atoms with Crippen molar-refractivity contribution in [1.82, 2.24) is 0 Å². The number of hydrogen-bond acceptors (Lipinski definition) is 5. The zero-order chi connectivity index (χ0) is 17.4. The van der Waals surface area contributed by atoms with Gasteiger partial charge in [0.05, 0.1) is 5.41 Å². The van der Waals surface area contributed by atoms with Gasteiger partial charge in [0, 0.05) is 16.6 Å². The Balaban J connectivity index is 1.79. The second-order valence-corrected chi connectivity index (χ2v) is 8.42. The van der Waals surface area contributed by atoms with Crippen LogP contribution >= 0.6 is 0 Å². The highest BCUT2D eigenvalue weighted by Gasteiger charge is 2.63. The van der Waals surface area contributed by atoms with Crippen LogP contribution in [-0.4, -0.2) is 29.4 Å². The summed E-state index contributed by atoms with van der Waals surface area (Å²) in [7, 11) is 0. The lowest BCUT2D eigenvalue weighted by Gasteiger charge is -2.58. The van der Waals surface area contributed by atoms with Gasteiger partial charge in [-0.3, -0.25) is 4.79 Å². The highest BCUT2D eigenvalue weighted by atomic mass is 16.6. The minimum atomic E-state index is -1.12. The maximum absolute atomic E-state index is 12.3. The molecule has 0 aromatic heterocycles. The van der Waals surface area contributed by atoms with E-state index >= 15 is 0 Å². The maximum atomic E-state index is 12.3. The van der Waals surface area contributed by atoms with Crippen LogP contribution in [0.2, 0.25) is 0 Å². The van der Waals surface area contributed by atoms with E-state index in [4.69, 9.17) is 9.47 Å². The lowest BCUT2D eigenvalue weighted by molar-refractivity contribution is -0.261. The van der Waals surface area contributed by atoms with Crippen molar-refractivity contribution in [2.75, 3.05) is 0 Å². The van der Waals surface area contributed by atoms with Crippen LogP contribution in [0.5, 0.6) is 0 Å². The normalized spacial score (nSPS) is 43.3. The van der Waals surface area contributed by atoms with Gasteiger partial charge < -0.3 is 14.6 Å². The fraction of sp³-hybridized carbons (Fsp3) is 0.684. The molecule has 4 rings (SSSR count). The fourth-order valence-corrected chi connectivity index (χ4v) is 5.45. The molecule has 5 heteroatoms. The minimum Gasteiger partial charge on any atom is -0.454 e. The topological polar surface area (TPSA) is 72.8 Å². The lowest BCUT2D eigenvalue weighted by Crippen LogP contribution is -2.61. The summed E-state index contributed by atoms with van der Waals surface area (Å²) in [6.45, 7) is 7.65. The average molecular weight is 332 g/mol. The van der Waals surface area contributed by atoms with Gasteiger partial charge >= 0.3 is 11.9 Å². The standard InChI is InChI=1S/C19H24O5/c1-9-11-7-10-5-6-14-18(2,3)16(21)24-17(22)19(14,4)12(10)8-13(11)23-15(9)20/h7,12-14,17,22H,5-6,8H2,1-4H3. The fourth-order valence-electron chi connectivity index (χ4n) is 5.45. The molecule has 0 spiro atoms. The van der Waals surface area contributed by atoms with Gasteiger partial charge in [-0.2, -0.15) is 0 Å². The van der Waals surface area contributed by atoms with Crippen LogP contribution in [0.1, 0.15) is 47.0 Å². The molecule has 0 aromatic rings. The molecule has 0 amide bonds. The predicted octanol–water partition coefficient (Wildman–Crippen LogP) is 2.49. The van der Waals surface area contributed by atoms with E-state index in [0.29, 0.717) is 12.0 Å². The van der Waals surface area contributed by atoms with Crippen LogP contribution < -0.4 is 0 Å².